The molecule has 0 bridgehead atoms. The summed E-state index contributed by atoms with van der Waals surface area (Å²) in [5, 5.41) is 2.64. The number of benzene rings is 3. The number of hydrogen-bond acceptors (Lipinski definition) is 4. The second kappa shape index (κ2) is 11.0. The Morgan fingerprint density at radius 2 is 1.77 bits per heavy atom. The summed E-state index contributed by atoms with van der Waals surface area (Å²) in [7, 11) is 0. The van der Waals surface area contributed by atoms with Gasteiger partial charge in [-0.3, -0.25) is 9.69 Å². The molecule has 9 heteroatoms. The zero-order valence-electron chi connectivity index (χ0n) is 18.7. The van der Waals surface area contributed by atoms with E-state index in [1.54, 1.807) is 30.3 Å². The molecule has 0 spiro atoms. The average Bonchev–Trinajstić information content (AvgIpc) is 3.07. The molecule has 0 unspecified atom stereocenters. The highest BCUT2D eigenvalue weighted by atomic mass is 79.9. The Hall–Kier alpha value is -3.17. The smallest absolute Gasteiger partial charge is 0.329 e. The van der Waals surface area contributed by atoms with Gasteiger partial charge in [0, 0.05) is 4.47 Å². The van der Waals surface area contributed by atoms with Crippen LogP contribution < -0.4 is 14.8 Å². The van der Waals surface area contributed by atoms with Gasteiger partial charge >= 0.3 is 6.03 Å². The second-order valence-corrected chi connectivity index (χ2v) is 9.46. The number of imide groups is 1. The van der Waals surface area contributed by atoms with E-state index >= 15 is 0 Å². The maximum Gasteiger partial charge on any atom is 0.329 e. The van der Waals surface area contributed by atoms with Gasteiger partial charge in [0.25, 0.3) is 5.91 Å². The van der Waals surface area contributed by atoms with E-state index in [2.05, 4.69) is 37.2 Å². The van der Waals surface area contributed by atoms with Crippen LogP contribution in [0.3, 0.4) is 0 Å². The molecule has 1 aliphatic rings. The molecule has 3 aromatic rings. The van der Waals surface area contributed by atoms with Crippen molar-refractivity contribution in [3.05, 3.63) is 97.8 Å². The Labute approximate surface area is 219 Å². The highest BCUT2D eigenvalue weighted by Crippen LogP contribution is 2.38. The van der Waals surface area contributed by atoms with Crippen LogP contribution in [0.15, 0.2) is 75.3 Å². The van der Waals surface area contributed by atoms with E-state index in [0.717, 1.165) is 14.9 Å². The zero-order valence-corrected chi connectivity index (χ0v) is 21.9. The molecule has 0 aliphatic carbocycles. The van der Waals surface area contributed by atoms with Crippen molar-refractivity contribution in [2.24, 2.45) is 0 Å². The van der Waals surface area contributed by atoms with Gasteiger partial charge in [-0.25, -0.2) is 9.18 Å². The summed E-state index contributed by atoms with van der Waals surface area (Å²) >= 11 is 6.87. The van der Waals surface area contributed by atoms with Gasteiger partial charge in [-0.2, -0.15) is 0 Å². The maximum atomic E-state index is 13.5. The normalized spacial score (nSPS) is 14.4. The van der Waals surface area contributed by atoms with E-state index in [0.29, 0.717) is 33.7 Å². The minimum absolute atomic E-state index is 0.149. The Bertz CT molecular complexity index is 1300. The third-order valence-corrected chi connectivity index (χ3v) is 6.25. The van der Waals surface area contributed by atoms with Gasteiger partial charge in [0.05, 0.1) is 17.6 Å². The number of carbonyl (C=O) groups excluding carboxylic acids is 2. The van der Waals surface area contributed by atoms with Crippen LogP contribution >= 0.6 is 31.9 Å². The van der Waals surface area contributed by atoms with Gasteiger partial charge in [-0.15, -0.1) is 0 Å². The first-order valence-corrected chi connectivity index (χ1v) is 12.3. The number of hydrogen-bond donors (Lipinski definition) is 1. The molecule has 4 rings (SSSR count). The molecule has 1 heterocycles. The summed E-state index contributed by atoms with van der Waals surface area (Å²) < 4.78 is 26.6. The number of rotatable bonds is 8. The minimum Gasteiger partial charge on any atom is -0.490 e. The quantitative estimate of drug-likeness (QED) is 0.238. The molecule has 0 radical (unpaired) electrons. The van der Waals surface area contributed by atoms with Gasteiger partial charge in [-0.1, -0.05) is 40.2 Å². The number of nitrogens with zero attached hydrogens (tertiary/aromatic N) is 1. The minimum atomic E-state index is -0.483. The van der Waals surface area contributed by atoms with E-state index in [1.807, 2.05) is 31.2 Å². The van der Waals surface area contributed by atoms with Crippen molar-refractivity contribution in [1.29, 1.82) is 0 Å². The number of halogens is 3. The molecule has 1 saturated heterocycles. The van der Waals surface area contributed by atoms with Crippen molar-refractivity contribution in [1.82, 2.24) is 10.2 Å². The van der Waals surface area contributed by atoms with Crippen molar-refractivity contribution in [3.8, 4) is 11.5 Å². The van der Waals surface area contributed by atoms with E-state index in [-0.39, 0.29) is 24.7 Å². The molecule has 0 atom stereocenters. The molecule has 1 fully saturated rings. The van der Waals surface area contributed by atoms with Crippen LogP contribution in [-0.4, -0.2) is 23.4 Å². The molecule has 6 nitrogen and oxygen atoms in total. The monoisotopic (exact) mass is 602 g/mol. The van der Waals surface area contributed by atoms with Crippen molar-refractivity contribution >= 4 is 49.9 Å². The van der Waals surface area contributed by atoms with Crippen LogP contribution in [0.25, 0.3) is 6.08 Å². The molecule has 1 N–H and O–H groups in total. The Balaban J connectivity index is 1.55. The van der Waals surface area contributed by atoms with Gasteiger partial charge in [0.15, 0.2) is 11.5 Å². The highest BCUT2D eigenvalue weighted by Gasteiger charge is 2.33. The molecule has 1 aliphatic heterocycles. The van der Waals surface area contributed by atoms with Crippen molar-refractivity contribution in [2.45, 2.75) is 20.1 Å². The van der Waals surface area contributed by atoms with Gasteiger partial charge in [0.2, 0.25) is 0 Å². The molecule has 0 aromatic heterocycles. The van der Waals surface area contributed by atoms with Crippen molar-refractivity contribution in [2.75, 3.05) is 6.61 Å². The van der Waals surface area contributed by atoms with E-state index in [1.165, 1.54) is 12.1 Å². The largest absolute Gasteiger partial charge is 0.490 e. The van der Waals surface area contributed by atoms with Crippen molar-refractivity contribution < 1.29 is 23.5 Å². The fourth-order valence-corrected chi connectivity index (χ4v) is 4.35. The van der Waals surface area contributed by atoms with Gasteiger partial charge in [-0.05, 0) is 82.0 Å². The van der Waals surface area contributed by atoms with Crippen LogP contribution in [0.1, 0.15) is 23.6 Å². The SMILES string of the molecule is CCOc1cc(/C=C2/NC(=O)N(Cc3ccc(Br)cc3)C2=O)cc(Br)c1OCc1cccc(F)c1. The van der Waals surface area contributed by atoms with Crippen LogP contribution in [0.4, 0.5) is 9.18 Å². The fourth-order valence-electron chi connectivity index (χ4n) is 3.51. The third-order valence-electron chi connectivity index (χ3n) is 5.13. The van der Waals surface area contributed by atoms with Crippen molar-refractivity contribution in [3.63, 3.8) is 0 Å². The lowest BCUT2D eigenvalue weighted by atomic mass is 10.1. The Morgan fingerprint density at radius 1 is 1.00 bits per heavy atom. The summed E-state index contributed by atoms with van der Waals surface area (Å²) in [6, 6.07) is 16.6. The summed E-state index contributed by atoms with van der Waals surface area (Å²) in [6.45, 7) is 2.54. The molecular weight excluding hydrogens is 583 g/mol. The predicted octanol–water partition coefficient (Wildman–Crippen LogP) is 6.42. The first-order valence-electron chi connectivity index (χ1n) is 10.8. The van der Waals surface area contributed by atoms with Crippen LogP contribution in [0.5, 0.6) is 11.5 Å². The Morgan fingerprint density at radius 3 is 2.49 bits per heavy atom. The topological polar surface area (TPSA) is 67.9 Å². The van der Waals surface area contributed by atoms with E-state index in [9.17, 15) is 14.0 Å². The summed E-state index contributed by atoms with van der Waals surface area (Å²) in [5.74, 6) is 0.151. The summed E-state index contributed by atoms with van der Waals surface area (Å²) in [4.78, 5) is 26.5. The molecular formula is C26H21Br2FN2O4. The number of carbonyl (C=O) groups is 2. The summed E-state index contributed by atoms with van der Waals surface area (Å²) in [5.41, 5.74) is 2.30. The fraction of sp³-hybridized carbons (Fsp3) is 0.154. The molecule has 180 valence electrons. The average molecular weight is 604 g/mol. The summed E-state index contributed by atoms with van der Waals surface area (Å²) in [6.07, 6.45) is 1.59. The first-order chi connectivity index (χ1) is 16.8. The van der Waals surface area contributed by atoms with Gasteiger partial charge < -0.3 is 14.8 Å². The van der Waals surface area contributed by atoms with Gasteiger partial charge in [0.1, 0.15) is 18.1 Å². The first kappa shape index (κ1) is 24.9. The zero-order chi connectivity index (χ0) is 24.9. The number of amides is 3. The van der Waals surface area contributed by atoms with Crippen LogP contribution in [0, 0.1) is 5.82 Å². The molecule has 35 heavy (non-hydrogen) atoms. The lowest BCUT2D eigenvalue weighted by Crippen LogP contribution is -2.30. The predicted molar refractivity (Wildman–Crippen MR) is 137 cm³/mol. The highest BCUT2D eigenvalue weighted by molar-refractivity contribution is 9.10. The lowest BCUT2D eigenvalue weighted by molar-refractivity contribution is -0.123. The van der Waals surface area contributed by atoms with Crippen LogP contribution in [0.2, 0.25) is 0 Å². The molecule has 3 aromatic carbocycles. The second-order valence-electron chi connectivity index (χ2n) is 7.69. The molecule has 3 amide bonds. The maximum absolute atomic E-state index is 13.5. The van der Waals surface area contributed by atoms with E-state index in [4.69, 9.17) is 9.47 Å². The van der Waals surface area contributed by atoms with Crippen LogP contribution in [-0.2, 0) is 17.9 Å². The Kier molecular flexibility index (Phi) is 7.87. The lowest BCUT2D eigenvalue weighted by Gasteiger charge is -2.15. The molecule has 0 saturated carbocycles. The standard InChI is InChI=1S/C26H21Br2FN2O4/c1-2-34-23-13-18(11-21(28)24(23)35-15-17-4-3-5-20(29)10-17)12-22-25(32)31(26(33)30-22)14-16-6-8-19(27)9-7-16/h3-13H,2,14-15H2,1H3,(H,30,33)/b22-12+. The van der Waals surface area contributed by atoms with E-state index < -0.39 is 11.9 Å². The number of urea groups is 1. The number of ether oxygens (including phenoxy) is 2. The third kappa shape index (κ3) is 6.10. The number of nitrogens with one attached hydrogen (secondary N) is 1.